The molecule has 7 heteroatoms. The van der Waals surface area contributed by atoms with Gasteiger partial charge in [-0.2, -0.15) is 0 Å². The third-order valence-electron chi connectivity index (χ3n) is 4.28. The molecule has 1 saturated carbocycles. The summed E-state index contributed by atoms with van der Waals surface area (Å²) in [5.74, 6) is -1.72. The summed E-state index contributed by atoms with van der Waals surface area (Å²) in [5.41, 5.74) is 0.825. The normalized spacial score (nSPS) is 19.8. The molecular formula is C16H19NO5S. The minimum atomic E-state index is -1.06. The summed E-state index contributed by atoms with van der Waals surface area (Å²) in [6.07, 6.45) is 3.39. The number of thiophene rings is 1. The van der Waals surface area contributed by atoms with E-state index in [9.17, 15) is 19.5 Å². The number of carbonyl (C=O) groups is 3. The van der Waals surface area contributed by atoms with Gasteiger partial charge in [-0.15, -0.1) is 11.3 Å². The first-order chi connectivity index (χ1) is 11.0. The number of carboxylic acid groups (broad SMARTS) is 1. The third kappa shape index (κ3) is 3.24. The average Bonchev–Trinajstić information content (AvgIpc) is 3.28. The second kappa shape index (κ2) is 6.31. The van der Waals surface area contributed by atoms with Crippen LogP contribution in [0.3, 0.4) is 0 Å². The molecule has 0 radical (unpaired) electrons. The van der Waals surface area contributed by atoms with Gasteiger partial charge in [0.05, 0.1) is 18.1 Å². The highest BCUT2D eigenvalue weighted by molar-refractivity contribution is 7.17. The van der Waals surface area contributed by atoms with Crippen LogP contribution in [0.5, 0.6) is 0 Å². The van der Waals surface area contributed by atoms with Gasteiger partial charge >= 0.3 is 11.9 Å². The Morgan fingerprint density at radius 1 is 1.26 bits per heavy atom. The summed E-state index contributed by atoms with van der Waals surface area (Å²) in [4.78, 5) is 36.5. The molecule has 2 aliphatic carbocycles. The molecule has 1 amide bonds. The van der Waals surface area contributed by atoms with Crippen LogP contribution in [-0.4, -0.2) is 29.6 Å². The van der Waals surface area contributed by atoms with Gasteiger partial charge in [-0.3, -0.25) is 9.59 Å². The number of rotatable bonds is 5. The Balaban J connectivity index is 1.86. The minimum absolute atomic E-state index is 0.0167. The lowest BCUT2D eigenvalue weighted by molar-refractivity contribution is -0.148. The van der Waals surface area contributed by atoms with Crippen molar-refractivity contribution >= 4 is 34.2 Å². The number of carbonyl (C=O) groups excluding carboxylic acids is 2. The van der Waals surface area contributed by atoms with Crippen LogP contribution in [0, 0.1) is 11.8 Å². The highest BCUT2D eigenvalue weighted by atomic mass is 32.1. The maximum Gasteiger partial charge on any atom is 0.339 e. The van der Waals surface area contributed by atoms with Crippen molar-refractivity contribution < 1.29 is 24.2 Å². The molecular weight excluding hydrogens is 318 g/mol. The van der Waals surface area contributed by atoms with Crippen LogP contribution in [-0.2, 0) is 27.2 Å². The van der Waals surface area contributed by atoms with Crippen molar-refractivity contribution in [3.05, 3.63) is 16.0 Å². The van der Waals surface area contributed by atoms with Gasteiger partial charge in [0.15, 0.2) is 0 Å². The van der Waals surface area contributed by atoms with E-state index in [1.165, 1.54) is 11.3 Å². The standard InChI is InChI=1S/C16H19NO5S/c1-2-22-16(21)9-5-6-11-10(7-9)12(15(19)20)14(23-11)17-13(18)8-3-4-8/h8-9H,2-7H2,1H3,(H,17,18)(H,19,20). The van der Waals surface area contributed by atoms with E-state index in [0.29, 0.717) is 36.4 Å². The molecule has 1 atom stereocenters. The summed E-state index contributed by atoms with van der Waals surface area (Å²) in [6, 6.07) is 0. The Labute approximate surface area is 137 Å². The van der Waals surface area contributed by atoms with Gasteiger partial charge in [-0.1, -0.05) is 0 Å². The Morgan fingerprint density at radius 2 is 2.00 bits per heavy atom. The topological polar surface area (TPSA) is 92.7 Å². The second-order valence-corrected chi connectivity index (χ2v) is 7.07. The Bertz CT molecular complexity index is 662. The molecule has 0 aliphatic heterocycles. The van der Waals surface area contributed by atoms with Gasteiger partial charge in [0.1, 0.15) is 5.00 Å². The molecule has 1 fully saturated rings. The molecule has 1 heterocycles. The molecule has 0 spiro atoms. The second-order valence-electron chi connectivity index (χ2n) is 5.97. The van der Waals surface area contributed by atoms with Gasteiger partial charge in [-0.25, -0.2) is 4.79 Å². The fraction of sp³-hybridized carbons (Fsp3) is 0.562. The van der Waals surface area contributed by atoms with E-state index in [2.05, 4.69) is 5.32 Å². The van der Waals surface area contributed by atoms with Crippen LogP contribution in [0.1, 0.15) is 47.0 Å². The average molecular weight is 337 g/mol. The van der Waals surface area contributed by atoms with Gasteiger partial charge in [0.25, 0.3) is 0 Å². The van der Waals surface area contributed by atoms with E-state index in [4.69, 9.17) is 4.74 Å². The lowest BCUT2D eigenvalue weighted by atomic mass is 9.86. The Kier molecular flexibility index (Phi) is 4.39. The smallest absolute Gasteiger partial charge is 0.339 e. The summed E-state index contributed by atoms with van der Waals surface area (Å²) in [6.45, 7) is 2.07. The predicted octanol–water partition coefficient (Wildman–Crippen LogP) is 2.46. The molecule has 0 bridgehead atoms. The van der Waals surface area contributed by atoms with E-state index in [1.54, 1.807) is 6.92 Å². The lowest BCUT2D eigenvalue weighted by Gasteiger charge is -2.20. The minimum Gasteiger partial charge on any atom is -0.478 e. The van der Waals surface area contributed by atoms with Crippen molar-refractivity contribution in [2.75, 3.05) is 11.9 Å². The number of anilines is 1. The number of aryl methyl sites for hydroxylation is 1. The number of carboxylic acids is 1. The zero-order valence-electron chi connectivity index (χ0n) is 12.9. The molecule has 23 heavy (non-hydrogen) atoms. The largest absolute Gasteiger partial charge is 0.478 e. The number of amides is 1. The third-order valence-corrected chi connectivity index (χ3v) is 5.49. The van der Waals surface area contributed by atoms with Crippen LogP contribution in [0.25, 0.3) is 0 Å². The highest BCUT2D eigenvalue weighted by Crippen LogP contribution is 2.41. The number of esters is 1. The molecule has 0 saturated heterocycles. The Hall–Kier alpha value is -1.89. The highest BCUT2D eigenvalue weighted by Gasteiger charge is 2.35. The van der Waals surface area contributed by atoms with Gasteiger partial charge in [0, 0.05) is 10.8 Å². The Morgan fingerprint density at radius 3 is 2.61 bits per heavy atom. The number of hydrogen-bond acceptors (Lipinski definition) is 5. The molecule has 2 aliphatic rings. The van der Waals surface area contributed by atoms with Crippen LogP contribution in [0.2, 0.25) is 0 Å². The van der Waals surface area contributed by atoms with Gasteiger partial charge in [-0.05, 0) is 44.6 Å². The van der Waals surface area contributed by atoms with Crippen LogP contribution in [0.15, 0.2) is 0 Å². The van der Waals surface area contributed by atoms with E-state index in [1.807, 2.05) is 0 Å². The zero-order valence-corrected chi connectivity index (χ0v) is 13.7. The van der Waals surface area contributed by atoms with Crippen molar-refractivity contribution in [3.63, 3.8) is 0 Å². The number of aromatic carboxylic acids is 1. The quantitative estimate of drug-likeness (QED) is 0.805. The summed E-state index contributed by atoms with van der Waals surface area (Å²) >= 11 is 1.33. The number of ether oxygens (including phenoxy) is 1. The zero-order chi connectivity index (χ0) is 16.6. The summed E-state index contributed by atoms with van der Waals surface area (Å²) in [7, 11) is 0. The first-order valence-corrected chi connectivity index (χ1v) is 8.68. The van der Waals surface area contributed by atoms with E-state index in [-0.39, 0.29) is 29.3 Å². The first kappa shape index (κ1) is 16.0. The fourth-order valence-corrected chi connectivity index (χ4v) is 4.16. The molecule has 1 aromatic rings. The number of nitrogens with one attached hydrogen (secondary N) is 1. The molecule has 0 aromatic carbocycles. The van der Waals surface area contributed by atoms with Gasteiger partial charge in [0.2, 0.25) is 5.91 Å². The molecule has 2 N–H and O–H groups in total. The molecule has 1 aromatic heterocycles. The molecule has 3 rings (SSSR count). The predicted molar refractivity (Wildman–Crippen MR) is 84.8 cm³/mol. The van der Waals surface area contributed by atoms with Crippen LogP contribution < -0.4 is 5.32 Å². The van der Waals surface area contributed by atoms with E-state index in [0.717, 1.165) is 17.7 Å². The molecule has 6 nitrogen and oxygen atoms in total. The first-order valence-electron chi connectivity index (χ1n) is 7.86. The SMILES string of the molecule is CCOC(=O)C1CCc2sc(NC(=O)C3CC3)c(C(=O)O)c2C1. The van der Waals surface area contributed by atoms with Crippen molar-refractivity contribution in [2.45, 2.75) is 39.0 Å². The molecule has 124 valence electrons. The van der Waals surface area contributed by atoms with Crippen molar-refractivity contribution in [2.24, 2.45) is 11.8 Å². The van der Waals surface area contributed by atoms with E-state index >= 15 is 0 Å². The van der Waals surface area contributed by atoms with Crippen molar-refractivity contribution in [1.82, 2.24) is 0 Å². The van der Waals surface area contributed by atoms with Crippen LogP contribution in [0.4, 0.5) is 5.00 Å². The van der Waals surface area contributed by atoms with Crippen molar-refractivity contribution in [3.8, 4) is 0 Å². The summed E-state index contributed by atoms with van der Waals surface area (Å²) in [5, 5.41) is 12.7. The molecule has 1 unspecified atom stereocenters. The summed E-state index contributed by atoms with van der Waals surface area (Å²) < 4.78 is 5.06. The number of fused-ring (bicyclic) bond motifs is 1. The van der Waals surface area contributed by atoms with Gasteiger partial charge < -0.3 is 15.2 Å². The van der Waals surface area contributed by atoms with Crippen LogP contribution >= 0.6 is 11.3 Å². The maximum atomic E-state index is 11.9. The van der Waals surface area contributed by atoms with Crippen molar-refractivity contribution in [1.29, 1.82) is 0 Å². The number of hydrogen-bond donors (Lipinski definition) is 2. The lowest BCUT2D eigenvalue weighted by Crippen LogP contribution is -2.25. The maximum absolute atomic E-state index is 11.9. The van der Waals surface area contributed by atoms with E-state index < -0.39 is 5.97 Å². The fourth-order valence-electron chi connectivity index (χ4n) is 2.92. The monoisotopic (exact) mass is 337 g/mol.